The van der Waals surface area contributed by atoms with Crippen molar-refractivity contribution in [3.63, 3.8) is 0 Å². The van der Waals surface area contributed by atoms with Gasteiger partial charge in [0.1, 0.15) is 11.3 Å². The zero-order valence-corrected chi connectivity index (χ0v) is 20.6. The number of hydrogen-bond donors (Lipinski definition) is 1. The summed E-state index contributed by atoms with van der Waals surface area (Å²) in [7, 11) is -3.86. The molecule has 1 saturated carbocycles. The first-order valence-electron chi connectivity index (χ1n) is 11.4. The second-order valence-electron chi connectivity index (χ2n) is 9.94. The van der Waals surface area contributed by atoms with E-state index < -0.39 is 26.6 Å². The fourth-order valence-electron chi connectivity index (χ4n) is 4.21. The third-order valence-corrected chi connectivity index (χ3v) is 7.58. The highest BCUT2D eigenvalue weighted by molar-refractivity contribution is 7.89. The molecule has 0 atom stereocenters. The predicted octanol–water partition coefficient (Wildman–Crippen LogP) is 3.51. The minimum Gasteiger partial charge on any atom is -0.444 e. The summed E-state index contributed by atoms with van der Waals surface area (Å²) < 4.78 is 33.8. The number of rotatable bonds is 5. The Morgan fingerprint density at radius 2 is 1.73 bits per heavy atom. The van der Waals surface area contributed by atoms with Crippen LogP contribution in [0.2, 0.25) is 0 Å². The summed E-state index contributed by atoms with van der Waals surface area (Å²) in [5.41, 5.74) is -0.520. The lowest BCUT2D eigenvalue weighted by Gasteiger charge is -2.36. The molecule has 0 aromatic heterocycles. The molecule has 0 unspecified atom stereocenters. The van der Waals surface area contributed by atoms with E-state index in [2.05, 4.69) is 11.6 Å². The smallest absolute Gasteiger partial charge is 0.410 e. The lowest BCUT2D eigenvalue weighted by molar-refractivity contribution is -0.384. The number of sulfonamides is 1. The van der Waals surface area contributed by atoms with Crippen molar-refractivity contribution in [2.75, 3.05) is 31.1 Å². The van der Waals surface area contributed by atoms with Gasteiger partial charge >= 0.3 is 6.09 Å². The molecule has 0 bridgehead atoms. The first-order valence-corrected chi connectivity index (χ1v) is 12.9. The van der Waals surface area contributed by atoms with Crippen LogP contribution in [0.5, 0.6) is 0 Å². The number of ether oxygens (including phenoxy) is 1. The standard InChI is InChI=1S/C22H34N4O6S/c1-16-5-7-17(8-6-16)23-33(30,31)18-9-10-19(20(15-18)26(28)29)24-11-13-25(14-12-24)21(27)32-22(2,3)4/h9-10,15-17,23H,5-8,11-14H2,1-4H3. The highest BCUT2D eigenvalue weighted by Crippen LogP contribution is 2.32. The number of carbonyl (C=O) groups excluding carboxylic acids is 1. The molecule has 0 radical (unpaired) electrons. The monoisotopic (exact) mass is 482 g/mol. The highest BCUT2D eigenvalue weighted by atomic mass is 32.2. The molecule has 33 heavy (non-hydrogen) atoms. The molecule has 1 saturated heterocycles. The van der Waals surface area contributed by atoms with E-state index >= 15 is 0 Å². The topological polar surface area (TPSA) is 122 Å². The maximum atomic E-state index is 12.9. The van der Waals surface area contributed by atoms with E-state index in [1.165, 1.54) is 12.1 Å². The van der Waals surface area contributed by atoms with E-state index in [0.29, 0.717) is 37.8 Å². The van der Waals surface area contributed by atoms with Gasteiger partial charge in [-0.1, -0.05) is 6.92 Å². The summed E-state index contributed by atoms with van der Waals surface area (Å²) in [6.45, 7) is 9.01. The van der Waals surface area contributed by atoms with E-state index in [0.717, 1.165) is 31.7 Å². The summed E-state index contributed by atoms with van der Waals surface area (Å²) in [4.78, 5) is 26.8. The minimum absolute atomic E-state index is 0.107. The molecule has 1 aliphatic carbocycles. The number of nitrogens with one attached hydrogen (secondary N) is 1. The maximum absolute atomic E-state index is 12.9. The molecular formula is C22H34N4O6S. The molecule has 1 aromatic carbocycles. The molecule has 1 amide bonds. The van der Waals surface area contributed by atoms with Crippen molar-refractivity contribution >= 4 is 27.5 Å². The number of nitro groups is 1. The van der Waals surface area contributed by atoms with E-state index in [4.69, 9.17) is 4.74 Å². The van der Waals surface area contributed by atoms with Gasteiger partial charge in [0.05, 0.1) is 9.82 Å². The zero-order valence-electron chi connectivity index (χ0n) is 19.7. The average molecular weight is 483 g/mol. The van der Waals surface area contributed by atoms with Crippen molar-refractivity contribution < 1.29 is 22.9 Å². The van der Waals surface area contributed by atoms with Gasteiger partial charge in [-0.3, -0.25) is 10.1 Å². The Kier molecular flexibility index (Phi) is 7.52. The molecule has 11 heteroatoms. The number of anilines is 1. The van der Waals surface area contributed by atoms with Crippen molar-refractivity contribution in [3.05, 3.63) is 28.3 Å². The van der Waals surface area contributed by atoms with Crippen LogP contribution >= 0.6 is 0 Å². The number of benzene rings is 1. The Labute approximate surface area is 195 Å². The lowest BCUT2D eigenvalue weighted by Crippen LogP contribution is -2.50. The van der Waals surface area contributed by atoms with Crippen molar-refractivity contribution in [1.82, 2.24) is 9.62 Å². The Hall–Kier alpha value is -2.40. The molecule has 2 fully saturated rings. The second kappa shape index (κ2) is 9.84. The highest BCUT2D eigenvalue weighted by Gasteiger charge is 2.31. The Balaban J connectivity index is 1.72. The third kappa shape index (κ3) is 6.57. The van der Waals surface area contributed by atoms with Gasteiger partial charge < -0.3 is 14.5 Å². The summed E-state index contributed by atoms with van der Waals surface area (Å²) >= 11 is 0. The number of hydrogen-bond acceptors (Lipinski definition) is 7. The molecule has 1 N–H and O–H groups in total. The van der Waals surface area contributed by atoms with Gasteiger partial charge in [0.2, 0.25) is 10.0 Å². The van der Waals surface area contributed by atoms with Crippen LogP contribution in [0.1, 0.15) is 53.4 Å². The molecular weight excluding hydrogens is 448 g/mol. The molecule has 1 aliphatic heterocycles. The van der Waals surface area contributed by atoms with Crippen molar-refractivity contribution in [2.45, 2.75) is 69.9 Å². The van der Waals surface area contributed by atoms with E-state index in [-0.39, 0.29) is 16.6 Å². The average Bonchev–Trinajstić information content (AvgIpc) is 2.73. The second-order valence-corrected chi connectivity index (χ2v) is 11.7. The van der Waals surface area contributed by atoms with Gasteiger partial charge in [-0.05, 0) is 64.5 Å². The van der Waals surface area contributed by atoms with E-state index in [1.807, 2.05) is 0 Å². The Morgan fingerprint density at radius 1 is 1.12 bits per heavy atom. The molecule has 2 aliphatic rings. The SMILES string of the molecule is CC1CCC(NS(=O)(=O)c2ccc(N3CCN(C(=O)OC(C)(C)C)CC3)c([N+](=O)[O-])c2)CC1. The fraction of sp³-hybridized carbons (Fsp3) is 0.682. The van der Waals surface area contributed by atoms with Crippen molar-refractivity contribution in [1.29, 1.82) is 0 Å². The van der Waals surface area contributed by atoms with Crippen LogP contribution in [0.15, 0.2) is 23.1 Å². The summed E-state index contributed by atoms with van der Waals surface area (Å²) in [6.07, 6.45) is 3.04. The molecule has 1 aromatic rings. The molecule has 10 nitrogen and oxygen atoms in total. The molecule has 3 rings (SSSR count). The van der Waals surface area contributed by atoms with Gasteiger partial charge in [0, 0.05) is 38.3 Å². The van der Waals surface area contributed by atoms with Gasteiger partial charge in [-0.25, -0.2) is 17.9 Å². The van der Waals surface area contributed by atoms with Crippen LogP contribution in [0, 0.1) is 16.0 Å². The number of carbonyl (C=O) groups is 1. The Bertz CT molecular complexity index is 975. The van der Waals surface area contributed by atoms with Crippen LogP contribution in [-0.4, -0.2) is 62.2 Å². The van der Waals surface area contributed by atoms with E-state index in [1.54, 1.807) is 30.6 Å². The number of piperazine rings is 1. The van der Waals surface area contributed by atoms with Gasteiger partial charge in [-0.15, -0.1) is 0 Å². The summed E-state index contributed by atoms with van der Waals surface area (Å²) in [5.74, 6) is 0.585. The largest absolute Gasteiger partial charge is 0.444 e. The summed E-state index contributed by atoms with van der Waals surface area (Å²) in [6, 6.07) is 3.88. The molecule has 184 valence electrons. The number of nitro benzene ring substituents is 1. The first-order chi connectivity index (χ1) is 15.4. The Morgan fingerprint density at radius 3 is 2.27 bits per heavy atom. The normalized spacial score (nSPS) is 22.2. The lowest BCUT2D eigenvalue weighted by atomic mass is 9.88. The van der Waals surface area contributed by atoms with Crippen LogP contribution in [0.4, 0.5) is 16.2 Å². The van der Waals surface area contributed by atoms with Gasteiger partial charge in [0.15, 0.2) is 0 Å². The zero-order chi connectivity index (χ0) is 24.4. The van der Waals surface area contributed by atoms with Crippen LogP contribution in [-0.2, 0) is 14.8 Å². The van der Waals surface area contributed by atoms with Crippen LogP contribution < -0.4 is 9.62 Å². The summed E-state index contributed by atoms with van der Waals surface area (Å²) in [5, 5.41) is 11.8. The molecule has 0 spiro atoms. The van der Waals surface area contributed by atoms with E-state index in [9.17, 15) is 23.3 Å². The third-order valence-electron chi connectivity index (χ3n) is 6.06. The first kappa shape index (κ1) is 25.2. The minimum atomic E-state index is -3.86. The van der Waals surface area contributed by atoms with Crippen molar-refractivity contribution in [3.8, 4) is 0 Å². The van der Waals surface area contributed by atoms with Crippen LogP contribution in [0.25, 0.3) is 0 Å². The fourth-order valence-corrected chi connectivity index (χ4v) is 5.53. The molecule has 1 heterocycles. The van der Waals surface area contributed by atoms with Gasteiger partial charge in [-0.2, -0.15) is 0 Å². The van der Waals surface area contributed by atoms with Crippen molar-refractivity contribution in [2.24, 2.45) is 5.92 Å². The predicted molar refractivity (Wildman–Crippen MR) is 125 cm³/mol. The van der Waals surface area contributed by atoms with Crippen LogP contribution in [0.3, 0.4) is 0 Å². The number of nitrogens with zero attached hydrogens (tertiary/aromatic N) is 3. The number of amides is 1. The maximum Gasteiger partial charge on any atom is 0.410 e. The quantitative estimate of drug-likeness (QED) is 0.503. The van der Waals surface area contributed by atoms with Gasteiger partial charge in [0.25, 0.3) is 5.69 Å².